The van der Waals surface area contributed by atoms with Crippen LogP contribution in [0.5, 0.6) is 0 Å². The van der Waals surface area contributed by atoms with E-state index in [-0.39, 0.29) is 10.5 Å². The number of nitrogens with zero attached hydrogens (tertiary/aromatic N) is 3. The van der Waals surface area contributed by atoms with Gasteiger partial charge in [-0.1, -0.05) is 15.9 Å². The van der Waals surface area contributed by atoms with Crippen molar-refractivity contribution in [2.45, 2.75) is 13.0 Å². The average molecular weight is 358 g/mol. The predicted molar refractivity (Wildman–Crippen MR) is 76.6 cm³/mol. The van der Waals surface area contributed by atoms with E-state index in [0.717, 1.165) is 12.1 Å². The van der Waals surface area contributed by atoms with Gasteiger partial charge in [0.05, 0.1) is 12.1 Å². The van der Waals surface area contributed by atoms with Gasteiger partial charge in [0.1, 0.15) is 17.2 Å². The lowest BCUT2D eigenvalue weighted by atomic mass is 10.1. The third-order valence-electron chi connectivity index (χ3n) is 3.56. The van der Waals surface area contributed by atoms with Crippen LogP contribution in [0.25, 0.3) is 0 Å². The highest BCUT2D eigenvalue weighted by Gasteiger charge is 2.28. The van der Waals surface area contributed by atoms with Gasteiger partial charge in [0.2, 0.25) is 0 Å². The Labute approximate surface area is 130 Å². The molecular formula is C14H14BrF2N3O. The number of rotatable bonds is 2. The van der Waals surface area contributed by atoms with Crippen molar-refractivity contribution in [3.63, 3.8) is 0 Å². The molecule has 1 aliphatic heterocycles. The smallest absolute Gasteiger partial charge is 0.259 e. The van der Waals surface area contributed by atoms with Gasteiger partial charge in [-0.25, -0.2) is 8.78 Å². The number of carbonyl (C=O) groups is 1. The van der Waals surface area contributed by atoms with Gasteiger partial charge >= 0.3 is 0 Å². The molecule has 7 heteroatoms. The van der Waals surface area contributed by atoms with Crippen LogP contribution < -0.4 is 0 Å². The Hall–Kier alpha value is -1.52. The van der Waals surface area contributed by atoms with Gasteiger partial charge in [0.15, 0.2) is 0 Å². The summed E-state index contributed by atoms with van der Waals surface area (Å²) < 4.78 is 27.9. The van der Waals surface area contributed by atoms with Crippen molar-refractivity contribution in [2.24, 2.45) is 0 Å². The molecule has 0 bridgehead atoms. The Balaban J connectivity index is 2.11. The van der Waals surface area contributed by atoms with Crippen molar-refractivity contribution in [3.8, 4) is 6.07 Å². The zero-order chi connectivity index (χ0) is 15.6. The summed E-state index contributed by atoms with van der Waals surface area (Å²) in [5, 5.41) is 8.86. The molecule has 0 spiro atoms. The third kappa shape index (κ3) is 3.39. The Bertz CT molecular complexity index is 571. The minimum absolute atomic E-state index is 0.233. The highest BCUT2D eigenvalue weighted by atomic mass is 79.9. The Kier molecular flexibility index (Phi) is 4.91. The molecule has 1 aliphatic rings. The summed E-state index contributed by atoms with van der Waals surface area (Å²) in [6.45, 7) is 3.51. The molecule has 1 aromatic carbocycles. The highest BCUT2D eigenvalue weighted by molar-refractivity contribution is 9.10. The van der Waals surface area contributed by atoms with Crippen molar-refractivity contribution >= 4 is 21.8 Å². The number of amides is 1. The molecule has 1 unspecified atom stereocenters. The van der Waals surface area contributed by atoms with Crippen LogP contribution in [0.2, 0.25) is 0 Å². The summed E-state index contributed by atoms with van der Waals surface area (Å²) in [6, 6.07) is 4.05. The normalized spacial score (nSPS) is 17.4. The molecule has 0 N–H and O–H groups in total. The number of piperazine rings is 1. The van der Waals surface area contributed by atoms with Crippen molar-refractivity contribution < 1.29 is 13.6 Å². The molecular weight excluding hydrogens is 344 g/mol. The maximum atomic E-state index is 13.8. The minimum atomic E-state index is -0.875. The molecule has 1 saturated heterocycles. The second-order valence-electron chi connectivity index (χ2n) is 4.88. The van der Waals surface area contributed by atoms with Crippen LogP contribution in [0.4, 0.5) is 8.78 Å². The molecule has 21 heavy (non-hydrogen) atoms. The second-order valence-corrected chi connectivity index (χ2v) is 5.79. The Morgan fingerprint density at radius 2 is 1.81 bits per heavy atom. The summed E-state index contributed by atoms with van der Waals surface area (Å²) >= 11 is 2.98. The summed E-state index contributed by atoms with van der Waals surface area (Å²) in [5.41, 5.74) is -0.528. The lowest BCUT2D eigenvalue weighted by Gasteiger charge is -2.36. The van der Waals surface area contributed by atoms with Crippen LogP contribution in [0.3, 0.4) is 0 Å². The molecule has 112 valence electrons. The van der Waals surface area contributed by atoms with E-state index in [1.807, 2.05) is 4.90 Å². The molecule has 0 aromatic heterocycles. The third-order valence-corrected chi connectivity index (χ3v) is 4.01. The number of nitriles is 1. The first-order valence-electron chi connectivity index (χ1n) is 6.51. The molecule has 1 atom stereocenters. The van der Waals surface area contributed by atoms with Gasteiger partial charge in [-0.3, -0.25) is 9.69 Å². The summed E-state index contributed by atoms with van der Waals surface area (Å²) in [7, 11) is 0. The van der Waals surface area contributed by atoms with E-state index < -0.39 is 23.1 Å². The first-order valence-corrected chi connectivity index (χ1v) is 7.31. The number of benzene rings is 1. The topological polar surface area (TPSA) is 47.3 Å². The molecule has 1 aromatic rings. The molecule has 4 nitrogen and oxygen atoms in total. The van der Waals surface area contributed by atoms with Crippen molar-refractivity contribution in [1.82, 2.24) is 9.80 Å². The molecule has 0 aliphatic carbocycles. The maximum Gasteiger partial charge on any atom is 0.259 e. The molecule has 1 fully saturated rings. The monoisotopic (exact) mass is 357 g/mol. The van der Waals surface area contributed by atoms with Gasteiger partial charge in [-0.15, -0.1) is 0 Å². The quantitative estimate of drug-likeness (QED) is 0.816. The van der Waals surface area contributed by atoms with Gasteiger partial charge in [0.25, 0.3) is 5.91 Å². The Morgan fingerprint density at radius 1 is 1.29 bits per heavy atom. The molecule has 0 saturated carbocycles. The van der Waals surface area contributed by atoms with E-state index >= 15 is 0 Å². The zero-order valence-electron chi connectivity index (χ0n) is 11.4. The van der Waals surface area contributed by atoms with E-state index in [2.05, 4.69) is 22.0 Å². The molecule has 0 radical (unpaired) electrons. The van der Waals surface area contributed by atoms with Crippen molar-refractivity contribution in [2.75, 3.05) is 26.2 Å². The Morgan fingerprint density at radius 3 is 2.29 bits per heavy atom. The number of halogens is 3. The molecule has 1 amide bonds. The minimum Gasteiger partial charge on any atom is -0.336 e. The molecule has 2 rings (SSSR count). The lowest BCUT2D eigenvalue weighted by Crippen LogP contribution is -2.51. The van der Waals surface area contributed by atoms with Crippen LogP contribution in [0, 0.1) is 23.0 Å². The highest BCUT2D eigenvalue weighted by Crippen LogP contribution is 2.21. The summed E-state index contributed by atoms with van der Waals surface area (Å²) in [5.74, 6) is -2.40. The average Bonchev–Trinajstić information content (AvgIpc) is 2.45. The van der Waals surface area contributed by atoms with E-state index in [0.29, 0.717) is 26.2 Å². The fourth-order valence-electron chi connectivity index (χ4n) is 2.30. The van der Waals surface area contributed by atoms with E-state index in [4.69, 9.17) is 5.26 Å². The lowest BCUT2D eigenvalue weighted by molar-refractivity contribution is 0.0606. The zero-order valence-corrected chi connectivity index (χ0v) is 13.0. The van der Waals surface area contributed by atoms with Crippen LogP contribution in [0.15, 0.2) is 16.6 Å². The van der Waals surface area contributed by atoms with Crippen LogP contribution >= 0.6 is 15.9 Å². The van der Waals surface area contributed by atoms with Gasteiger partial charge < -0.3 is 4.90 Å². The van der Waals surface area contributed by atoms with Crippen LogP contribution in [-0.2, 0) is 0 Å². The fourth-order valence-corrected chi connectivity index (χ4v) is 2.70. The van der Waals surface area contributed by atoms with Gasteiger partial charge in [-0.2, -0.15) is 5.26 Å². The van der Waals surface area contributed by atoms with Crippen LogP contribution in [-0.4, -0.2) is 47.9 Å². The number of carbonyl (C=O) groups excluding carboxylic acids is 1. The second kappa shape index (κ2) is 6.50. The molecule has 1 heterocycles. The summed E-state index contributed by atoms with van der Waals surface area (Å²) in [6.07, 6.45) is 0. The van der Waals surface area contributed by atoms with Gasteiger partial charge in [0, 0.05) is 30.7 Å². The first-order chi connectivity index (χ1) is 9.93. The fraction of sp³-hybridized carbons (Fsp3) is 0.429. The van der Waals surface area contributed by atoms with E-state index in [9.17, 15) is 13.6 Å². The standard InChI is InChI=1S/C14H14BrF2N3O/c1-9(8-18)19-2-4-20(5-3-19)14(21)13-11(16)6-10(15)7-12(13)17/h6-7,9H,2-5H2,1H3. The van der Waals surface area contributed by atoms with Crippen molar-refractivity contribution in [1.29, 1.82) is 5.26 Å². The SMILES string of the molecule is CC(C#N)N1CCN(C(=O)c2c(F)cc(Br)cc2F)CC1. The van der Waals surface area contributed by atoms with Crippen molar-refractivity contribution in [3.05, 3.63) is 33.8 Å². The van der Waals surface area contributed by atoms with E-state index in [1.54, 1.807) is 6.92 Å². The number of hydrogen-bond donors (Lipinski definition) is 0. The summed E-state index contributed by atoms with van der Waals surface area (Å²) in [4.78, 5) is 15.6. The van der Waals surface area contributed by atoms with Crippen LogP contribution in [0.1, 0.15) is 17.3 Å². The first kappa shape index (κ1) is 15.9. The van der Waals surface area contributed by atoms with Gasteiger partial charge in [-0.05, 0) is 19.1 Å². The predicted octanol–water partition coefficient (Wildman–Crippen LogP) is 2.40. The van der Waals surface area contributed by atoms with E-state index in [1.165, 1.54) is 4.90 Å². The maximum absolute atomic E-state index is 13.8. The largest absolute Gasteiger partial charge is 0.336 e. The number of hydrogen-bond acceptors (Lipinski definition) is 3.